The molecule has 1 saturated carbocycles. The molecule has 168 valence electrons. The average Bonchev–Trinajstić information content (AvgIpc) is 2.71. The molecule has 0 unspecified atom stereocenters. The van der Waals surface area contributed by atoms with E-state index in [0.29, 0.717) is 24.3 Å². The molecule has 1 heterocycles. The lowest BCUT2D eigenvalue weighted by atomic mass is 9.54. The quantitative estimate of drug-likeness (QED) is 0.561. The van der Waals surface area contributed by atoms with Gasteiger partial charge < -0.3 is 10.1 Å². The lowest BCUT2D eigenvalue weighted by Crippen LogP contribution is -2.57. The van der Waals surface area contributed by atoms with Crippen LogP contribution in [0.25, 0.3) is 0 Å². The fourth-order valence-electron chi connectivity index (χ4n) is 5.39. The van der Waals surface area contributed by atoms with Crippen molar-refractivity contribution in [1.29, 1.82) is 0 Å². The Balaban J connectivity index is 1.75. The summed E-state index contributed by atoms with van der Waals surface area (Å²) in [5.41, 5.74) is 0.309. The molecule has 8 heteroatoms. The van der Waals surface area contributed by atoms with E-state index in [-0.39, 0.29) is 29.8 Å². The molecule has 2 aromatic carbocycles. The lowest BCUT2D eigenvalue weighted by molar-refractivity contribution is -0.128. The Morgan fingerprint density at radius 3 is 2.45 bits per heavy atom. The van der Waals surface area contributed by atoms with Gasteiger partial charge in [-0.3, -0.25) is 0 Å². The minimum absolute atomic E-state index is 0.0842. The van der Waals surface area contributed by atoms with Gasteiger partial charge in [0.25, 0.3) is 0 Å². The summed E-state index contributed by atoms with van der Waals surface area (Å²) >= 11 is 6.00. The van der Waals surface area contributed by atoms with Gasteiger partial charge >= 0.3 is 6.18 Å². The monoisotopic (exact) mass is 459 g/mol. The van der Waals surface area contributed by atoms with Crippen molar-refractivity contribution in [3.8, 4) is 5.75 Å². The van der Waals surface area contributed by atoms with Gasteiger partial charge in [0, 0.05) is 28.0 Å². The second kappa shape index (κ2) is 8.24. The van der Waals surface area contributed by atoms with Crippen molar-refractivity contribution in [2.75, 3.05) is 13.2 Å². The number of hydrogen-bond donors (Lipinski definition) is 1. The standard InChI is InChI=1S/C23H23ClF5NO/c1-13-16-11-31-21-18(26)7-6-17(25)20(21)22(16,10-14-2-4-15(24)5-3-14)9-8-19(13)30-12-23(27,28)29/h2-7,13,16,19,30H,8-12H2,1H3/t13-,16-,19+,22-/m0/s1. The summed E-state index contributed by atoms with van der Waals surface area (Å²) in [6, 6.07) is 8.92. The van der Waals surface area contributed by atoms with E-state index in [1.165, 1.54) is 0 Å². The van der Waals surface area contributed by atoms with E-state index in [0.717, 1.165) is 17.7 Å². The number of ether oxygens (including phenoxy) is 1. The number of alkyl halides is 3. The Kier molecular flexibility index (Phi) is 5.94. The highest BCUT2D eigenvalue weighted by molar-refractivity contribution is 6.30. The third kappa shape index (κ3) is 4.27. The number of benzene rings is 2. The van der Waals surface area contributed by atoms with Crippen LogP contribution >= 0.6 is 11.6 Å². The van der Waals surface area contributed by atoms with E-state index in [2.05, 4.69) is 5.32 Å². The van der Waals surface area contributed by atoms with Gasteiger partial charge in [-0.25, -0.2) is 8.78 Å². The lowest BCUT2D eigenvalue weighted by Gasteiger charge is -2.53. The van der Waals surface area contributed by atoms with E-state index in [4.69, 9.17) is 16.3 Å². The molecule has 4 rings (SSSR count). The second-order valence-electron chi connectivity index (χ2n) is 8.61. The van der Waals surface area contributed by atoms with E-state index in [1.807, 2.05) is 19.1 Å². The smallest absolute Gasteiger partial charge is 0.401 e. The fourth-order valence-corrected chi connectivity index (χ4v) is 5.51. The Bertz CT molecular complexity index is 948. The summed E-state index contributed by atoms with van der Waals surface area (Å²) in [5, 5.41) is 3.18. The highest BCUT2D eigenvalue weighted by Crippen LogP contribution is 2.55. The van der Waals surface area contributed by atoms with Gasteiger partial charge in [0.15, 0.2) is 11.6 Å². The normalized spacial score (nSPS) is 27.9. The van der Waals surface area contributed by atoms with Crippen LogP contribution in [0.3, 0.4) is 0 Å². The van der Waals surface area contributed by atoms with Crippen LogP contribution in [-0.4, -0.2) is 25.4 Å². The first kappa shape index (κ1) is 22.3. The third-order valence-electron chi connectivity index (χ3n) is 6.84. The summed E-state index contributed by atoms with van der Waals surface area (Å²) in [7, 11) is 0. The molecule has 1 N–H and O–H groups in total. The van der Waals surface area contributed by atoms with Crippen molar-refractivity contribution in [3.63, 3.8) is 0 Å². The predicted molar refractivity (Wildman–Crippen MR) is 108 cm³/mol. The van der Waals surface area contributed by atoms with Crippen LogP contribution in [0, 0.1) is 23.5 Å². The van der Waals surface area contributed by atoms with Crippen LogP contribution in [0.4, 0.5) is 22.0 Å². The topological polar surface area (TPSA) is 21.3 Å². The number of nitrogens with one attached hydrogen (secondary N) is 1. The maximum Gasteiger partial charge on any atom is 0.401 e. The highest BCUT2D eigenvalue weighted by Gasteiger charge is 2.54. The van der Waals surface area contributed by atoms with Crippen LogP contribution in [0.1, 0.15) is 30.9 Å². The van der Waals surface area contributed by atoms with Crippen LogP contribution in [0.2, 0.25) is 5.02 Å². The molecule has 0 spiro atoms. The van der Waals surface area contributed by atoms with Crippen molar-refractivity contribution in [3.05, 3.63) is 64.2 Å². The molecular weight excluding hydrogens is 437 g/mol. The Morgan fingerprint density at radius 1 is 1.10 bits per heavy atom. The predicted octanol–water partition coefficient (Wildman–Crippen LogP) is 6.06. The third-order valence-corrected chi connectivity index (χ3v) is 7.09. The summed E-state index contributed by atoms with van der Waals surface area (Å²) in [6.07, 6.45) is -3.07. The first-order chi connectivity index (χ1) is 14.6. The second-order valence-corrected chi connectivity index (χ2v) is 9.05. The van der Waals surface area contributed by atoms with Crippen LogP contribution in [0.5, 0.6) is 5.75 Å². The Labute approximate surface area is 182 Å². The zero-order valence-corrected chi connectivity index (χ0v) is 17.7. The molecule has 1 aliphatic carbocycles. The van der Waals surface area contributed by atoms with Gasteiger partial charge in [-0.15, -0.1) is 0 Å². The zero-order chi connectivity index (χ0) is 22.4. The summed E-state index contributed by atoms with van der Waals surface area (Å²) in [4.78, 5) is 0. The van der Waals surface area contributed by atoms with Crippen LogP contribution < -0.4 is 10.1 Å². The molecule has 1 aliphatic heterocycles. The first-order valence-corrected chi connectivity index (χ1v) is 10.6. The molecule has 4 atom stereocenters. The highest BCUT2D eigenvalue weighted by atomic mass is 35.5. The molecule has 0 radical (unpaired) electrons. The van der Waals surface area contributed by atoms with E-state index >= 15 is 4.39 Å². The van der Waals surface area contributed by atoms with Gasteiger partial charge in [-0.1, -0.05) is 30.7 Å². The Morgan fingerprint density at radius 2 is 1.77 bits per heavy atom. The molecule has 0 aromatic heterocycles. The molecule has 0 bridgehead atoms. The van der Waals surface area contributed by atoms with E-state index in [1.54, 1.807) is 12.1 Å². The van der Waals surface area contributed by atoms with Crippen LogP contribution in [0.15, 0.2) is 36.4 Å². The summed E-state index contributed by atoms with van der Waals surface area (Å²) in [5.74, 6) is -1.79. The minimum atomic E-state index is -4.32. The van der Waals surface area contributed by atoms with Gasteiger partial charge in [0.1, 0.15) is 5.82 Å². The maximum atomic E-state index is 15.1. The number of fused-ring (bicyclic) bond motifs is 3. The molecular formula is C23H23ClF5NO. The van der Waals surface area contributed by atoms with Crippen LogP contribution in [-0.2, 0) is 11.8 Å². The van der Waals surface area contributed by atoms with Crippen molar-refractivity contribution in [2.24, 2.45) is 11.8 Å². The largest absolute Gasteiger partial charge is 0.490 e. The van der Waals surface area contributed by atoms with Gasteiger partial charge in [0.2, 0.25) is 0 Å². The van der Waals surface area contributed by atoms with Gasteiger partial charge in [-0.2, -0.15) is 13.2 Å². The average molecular weight is 460 g/mol. The molecule has 2 aromatic rings. The summed E-state index contributed by atoms with van der Waals surface area (Å²) < 4.78 is 73.7. The molecule has 1 fully saturated rings. The van der Waals surface area contributed by atoms with Gasteiger partial charge in [-0.05, 0) is 55.0 Å². The summed E-state index contributed by atoms with van der Waals surface area (Å²) in [6.45, 7) is 0.895. The van der Waals surface area contributed by atoms with Crippen molar-refractivity contribution < 1.29 is 26.7 Å². The molecule has 2 nitrogen and oxygen atoms in total. The van der Waals surface area contributed by atoms with Gasteiger partial charge in [0.05, 0.1) is 13.2 Å². The number of hydrogen-bond acceptors (Lipinski definition) is 2. The molecule has 2 aliphatic rings. The Hall–Kier alpha value is -1.86. The fraction of sp³-hybridized carbons (Fsp3) is 0.478. The first-order valence-electron chi connectivity index (χ1n) is 10.3. The number of halogens is 6. The maximum absolute atomic E-state index is 15.1. The minimum Gasteiger partial charge on any atom is -0.490 e. The van der Waals surface area contributed by atoms with Crippen molar-refractivity contribution >= 4 is 11.6 Å². The zero-order valence-electron chi connectivity index (χ0n) is 16.9. The molecule has 0 amide bonds. The number of rotatable bonds is 4. The van der Waals surface area contributed by atoms with Crippen molar-refractivity contribution in [2.45, 2.75) is 43.8 Å². The molecule has 0 saturated heterocycles. The SMILES string of the molecule is C[C@@H]1[C@H](NCC(F)(F)F)CC[C@@]2(Cc3ccc(Cl)cc3)c3c(F)ccc(F)c3OC[C@@H]12. The van der Waals surface area contributed by atoms with E-state index in [9.17, 15) is 17.6 Å². The molecule has 31 heavy (non-hydrogen) atoms. The van der Waals surface area contributed by atoms with Crippen molar-refractivity contribution in [1.82, 2.24) is 5.32 Å². The van der Waals surface area contributed by atoms with E-state index < -0.39 is 35.8 Å².